The average molecular weight is 193 g/mol. The van der Waals surface area contributed by atoms with E-state index in [9.17, 15) is 9.59 Å². The summed E-state index contributed by atoms with van der Waals surface area (Å²) in [5.74, 6) is -0.187. The first-order chi connectivity index (χ1) is 6.68. The molecule has 4 heteroatoms. The first-order valence-electron chi connectivity index (χ1n) is 4.17. The molecule has 0 unspecified atom stereocenters. The molecule has 0 heterocycles. The Balaban J connectivity index is 2.38. The Bertz CT molecular complexity index is 321. The van der Waals surface area contributed by atoms with Crippen LogP contribution in [0.5, 0.6) is 0 Å². The minimum atomic E-state index is -0.619. The molecule has 0 fully saturated rings. The molecule has 0 saturated carbocycles. The highest BCUT2D eigenvalue weighted by atomic mass is 16.5. The normalized spacial score (nSPS) is 9.21. The molecule has 0 aliphatic carbocycles. The number of benzene rings is 1. The van der Waals surface area contributed by atoms with Crippen LogP contribution >= 0.6 is 0 Å². The molecular weight excluding hydrogens is 182 g/mol. The second-order valence-electron chi connectivity index (χ2n) is 2.77. The minimum Gasteiger partial charge on any atom is -0.441 e. The lowest BCUT2D eigenvalue weighted by Gasteiger charge is -2.04. The molecule has 14 heavy (non-hydrogen) atoms. The topological polar surface area (TPSA) is 55.4 Å². The van der Waals surface area contributed by atoms with E-state index in [-0.39, 0.29) is 12.4 Å². The molecule has 1 amide bonds. The average Bonchev–Trinajstić information content (AvgIpc) is 2.16. The number of Topliss-reactive ketones (excluding diaryl/α,β-unsaturated/α-hetero) is 1. The number of anilines is 1. The summed E-state index contributed by atoms with van der Waals surface area (Å²) >= 11 is 0. The van der Waals surface area contributed by atoms with E-state index in [2.05, 4.69) is 10.1 Å². The third kappa shape index (κ3) is 3.71. The molecule has 4 nitrogen and oxygen atoms in total. The lowest BCUT2D eigenvalue weighted by Crippen LogP contribution is -2.17. The number of hydrogen-bond donors (Lipinski definition) is 1. The predicted octanol–water partition coefficient (Wildman–Crippen LogP) is 1.82. The zero-order chi connectivity index (χ0) is 10.4. The monoisotopic (exact) mass is 193 g/mol. The van der Waals surface area contributed by atoms with Gasteiger partial charge in [0.05, 0.1) is 0 Å². The van der Waals surface area contributed by atoms with Crippen molar-refractivity contribution in [3.8, 4) is 0 Å². The van der Waals surface area contributed by atoms with Gasteiger partial charge in [-0.3, -0.25) is 10.1 Å². The molecule has 0 saturated heterocycles. The Morgan fingerprint density at radius 2 is 1.93 bits per heavy atom. The van der Waals surface area contributed by atoms with E-state index in [1.165, 1.54) is 6.92 Å². The molecule has 1 aromatic rings. The fraction of sp³-hybridized carbons (Fsp3) is 0.200. The van der Waals surface area contributed by atoms with E-state index < -0.39 is 6.09 Å². The van der Waals surface area contributed by atoms with Crippen LogP contribution in [0.3, 0.4) is 0 Å². The predicted molar refractivity (Wildman–Crippen MR) is 52.1 cm³/mol. The van der Waals surface area contributed by atoms with Crippen molar-refractivity contribution >= 4 is 17.6 Å². The summed E-state index contributed by atoms with van der Waals surface area (Å²) in [7, 11) is 0. The van der Waals surface area contributed by atoms with Crippen molar-refractivity contribution in [1.29, 1.82) is 0 Å². The van der Waals surface area contributed by atoms with Gasteiger partial charge in [0.25, 0.3) is 0 Å². The number of carbonyl (C=O) groups excluding carboxylic acids is 2. The number of carbonyl (C=O) groups is 2. The fourth-order valence-corrected chi connectivity index (χ4v) is 0.843. The quantitative estimate of drug-likeness (QED) is 0.796. The molecule has 0 aliphatic heterocycles. The molecule has 1 aromatic carbocycles. The number of hydrogen-bond acceptors (Lipinski definition) is 3. The molecule has 74 valence electrons. The lowest BCUT2D eigenvalue weighted by atomic mass is 10.3. The van der Waals surface area contributed by atoms with Crippen LogP contribution in [0.25, 0.3) is 0 Å². The van der Waals surface area contributed by atoms with Gasteiger partial charge >= 0.3 is 6.09 Å². The number of ether oxygens (including phenoxy) is 1. The summed E-state index contributed by atoms with van der Waals surface area (Å²) in [6.07, 6.45) is -0.619. The third-order valence-corrected chi connectivity index (χ3v) is 1.43. The van der Waals surface area contributed by atoms with Crippen molar-refractivity contribution in [2.75, 3.05) is 11.9 Å². The van der Waals surface area contributed by atoms with Crippen molar-refractivity contribution in [3.63, 3.8) is 0 Å². The lowest BCUT2D eigenvalue weighted by molar-refractivity contribution is -0.119. The van der Waals surface area contributed by atoms with Crippen LogP contribution < -0.4 is 5.32 Å². The van der Waals surface area contributed by atoms with Crippen LogP contribution in [-0.4, -0.2) is 18.5 Å². The van der Waals surface area contributed by atoms with Gasteiger partial charge in [-0.1, -0.05) is 18.2 Å². The van der Waals surface area contributed by atoms with Crippen LogP contribution in [0.1, 0.15) is 6.92 Å². The Morgan fingerprint density at radius 3 is 2.50 bits per heavy atom. The highest BCUT2D eigenvalue weighted by Gasteiger charge is 2.03. The smallest absolute Gasteiger partial charge is 0.412 e. The maximum atomic E-state index is 11.0. The third-order valence-electron chi connectivity index (χ3n) is 1.43. The van der Waals surface area contributed by atoms with Crippen molar-refractivity contribution in [2.24, 2.45) is 0 Å². The highest BCUT2D eigenvalue weighted by Crippen LogP contribution is 2.04. The molecule has 1 rings (SSSR count). The van der Waals surface area contributed by atoms with Gasteiger partial charge in [-0.2, -0.15) is 0 Å². The van der Waals surface area contributed by atoms with Gasteiger partial charge < -0.3 is 4.74 Å². The Kier molecular flexibility index (Phi) is 3.67. The standard InChI is InChI=1S/C10H11NO3/c1-8(12)7-14-10(13)11-9-5-3-2-4-6-9/h2-6H,7H2,1H3,(H,11,13). The van der Waals surface area contributed by atoms with E-state index in [1.807, 2.05) is 6.07 Å². The van der Waals surface area contributed by atoms with Gasteiger partial charge in [-0.25, -0.2) is 4.79 Å². The highest BCUT2D eigenvalue weighted by molar-refractivity contribution is 5.87. The van der Waals surface area contributed by atoms with Crippen molar-refractivity contribution in [1.82, 2.24) is 0 Å². The zero-order valence-corrected chi connectivity index (χ0v) is 7.82. The molecule has 0 radical (unpaired) electrons. The summed E-state index contributed by atoms with van der Waals surface area (Å²) in [6, 6.07) is 8.89. The summed E-state index contributed by atoms with van der Waals surface area (Å²) in [6.45, 7) is 1.16. The number of nitrogens with one attached hydrogen (secondary N) is 1. The molecule has 0 aliphatic rings. The second-order valence-corrected chi connectivity index (χ2v) is 2.77. The summed E-state index contributed by atoms with van der Waals surface area (Å²) in [5.41, 5.74) is 0.640. The maximum Gasteiger partial charge on any atom is 0.412 e. The van der Waals surface area contributed by atoms with Crippen molar-refractivity contribution < 1.29 is 14.3 Å². The largest absolute Gasteiger partial charge is 0.441 e. The van der Waals surface area contributed by atoms with Gasteiger partial charge in [-0.15, -0.1) is 0 Å². The molecule has 1 N–H and O–H groups in total. The van der Waals surface area contributed by atoms with E-state index in [1.54, 1.807) is 24.3 Å². The van der Waals surface area contributed by atoms with Crippen molar-refractivity contribution in [3.05, 3.63) is 30.3 Å². The van der Waals surface area contributed by atoms with Crippen LogP contribution in [0.2, 0.25) is 0 Å². The first kappa shape index (κ1) is 10.2. The molecule has 0 aromatic heterocycles. The summed E-state index contributed by atoms with van der Waals surface area (Å²) in [5, 5.41) is 2.48. The van der Waals surface area contributed by atoms with E-state index in [0.717, 1.165) is 0 Å². The fourth-order valence-electron chi connectivity index (χ4n) is 0.843. The van der Waals surface area contributed by atoms with Gasteiger partial charge in [0.2, 0.25) is 0 Å². The van der Waals surface area contributed by atoms with Gasteiger partial charge in [0.1, 0.15) is 0 Å². The maximum absolute atomic E-state index is 11.0. The molecule has 0 atom stereocenters. The molecular formula is C10H11NO3. The number of rotatable bonds is 3. The van der Waals surface area contributed by atoms with Crippen LogP contribution in [0.15, 0.2) is 30.3 Å². The minimum absolute atomic E-state index is 0.187. The van der Waals surface area contributed by atoms with E-state index in [0.29, 0.717) is 5.69 Å². The summed E-state index contributed by atoms with van der Waals surface area (Å²) in [4.78, 5) is 21.5. The SMILES string of the molecule is CC(=O)COC(=O)Nc1ccccc1. The van der Waals surface area contributed by atoms with Gasteiger partial charge in [0, 0.05) is 5.69 Å². The second kappa shape index (κ2) is 5.01. The Morgan fingerprint density at radius 1 is 1.29 bits per heavy atom. The Labute approximate surface area is 81.9 Å². The van der Waals surface area contributed by atoms with Crippen LogP contribution in [0.4, 0.5) is 10.5 Å². The Hall–Kier alpha value is -1.84. The van der Waals surface area contributed by atoms with E-state index >= 15 is 0 Å². The number of para-hydroxylation sites is 1. The number of amides is 1. The molecule has 0 spiro atoms. The summed E-state index contributed by atoms with van der Waals surface area (Å²) < 4.78 is 4.61. The first-order valence-corrected chi connectivity index (χ1v) is 4.17. The number of ketones is 1. The van der Waals surface area contributed by atoms with Crippen LogP contribution in [-0.2, 0) is 9.53 Å². The van der Waals surface area contributed by atoms with Gasteiger partial charge in [0.15, 0.2) is 12.4 Å². The van der Waals surface area contributed by atoms with E-state index in [4.69, 9.17) is 0 Å². The zero-order valence-electron chi connectivity index (χ0n) is 7.82. The van der Waals surface area contributed by atoms with Gasteiger partial charge in [-0.05, 0) is 19.1 Å². The van der Waals surface area contributed by atoms with Crippen molar-refractivity contribution in [2.45, 2.75) is 6.92 Å². The molecule has 0 bridgehead atoms. The van der Waals surface area contributed by atoms with Crippen LogP contribution in [0, 0.1) is 0 Å².